The van der Waals surface area contributed by atoms with Crippen LogP contribution in [0.2, 0.25) is 0 Å². The van der Waals surface area contributed by atoms with Crippen molar-refractivity contribution in [3.63, 3.8) is 0 Å². The third kappa shape index (κ3) is 4.96. The third-order valence-corrected chi connectivity index (χ3v) is 0.597. The molecule has 52 valence electrons. The van der Waals surface area contributed by atoms with E-state index in [0.29, 0.717) is 6.61 Å². The number of hydrogen-bond acceptors (Lipinski definition) is 2. The van der Waals surface area contributed by atoms with E-state index in [4.69, 9.17) is 0 Å². The number of nitrogens with zero attached hydrogens (tertiary/aromatic N) is 1. The Hall–Kier alpha value is -0.900. The van der Waals surface area contributed by atoms with Crippen LogP contribution < -0.4 is 5.32 Å². The molecule has 0 rings (SSSR count). The summed E-state index contributed by atoms with van der Waals surface area (Å²) in [6.07, 6.45) is 0.869. The first-order chi connectivity index (χ1) is 4.31. The quantitative estimate of drug-likeness (QED) is 0.400. The molecular weight excluding hydrogens is 120 g/mol. The van der Waals surface area contributed by atoms with Crippen molar-refractivity contribution >= 4 is 12.4 Å². The fourth-order valence-electron chi connectivity index (χ4n) is 0.296. The lowest BCUT2D eigenvalue weighted by Gasteiger charge is -1.90. The molecule has 0 atom stereocenters. The van der Waals surface area contributed by atoms with E-state index in [0.717, 1.165) is 0 Å². The number of hydrogen-bond donors (Lipinski definition) is 1. The zero-order valence-electron chi connectivity index (χ0n) is 5.63. The van der Waals surface area contributed by atoms with Gasteiger partial charge in [0.05, 0.1) is 13.7 Å². The van der Waals surface area contributed by atoms with Gasteiger partial charge in [-0.3, -0.25) is 0 Å². The molecule has 0 saturated heterocycles. The molecule has 0 heterocycles. The summed E-state index contributed by atoms with van der Waals surface area (Å²) in [6, 6.07) is 0. The number of carbonyl (C=O) groups excluding carboxylic acids is 1. The highest BCUT2D eigenvalue weighted by atomic mass is 16.5. The highest BCUT2D eigenvalue weighted by Crippen LogP contribution is 1.78. The number of aliphatic imine (C=N–C) groups is 1. The fraction of sp³-hybridized carbons (Fsp3) is 0.600. The van der Waals surface area contributed by atoms with Gasteiger partial charge in [0, 0.05) is 0 Å². The van der Waals surface area contributed by atoms with E-state index in [9.17, 15) is 4.79 Å². The van der Waals surface area contributed by atoms with E-state index in [1.807, 2.05) is 0 Å². The van der Waals surface area contributed by atoms with Crippen LogP contribution in [0.5, 0.6) is 0 Å². The molecular formula is C5H11N2O2+. The van der Waals surface area contributed by atoms with Gasteiger partial charge in [-0.2, -0.15) is 0 Å². The molecule has 0 aliphatic rings. The molecule has 0 aromatic rings. The maximum Gasteiger partial charge on any atom is 0.438 e. The summed E-state index contributed by atoms with van der Waals surface area (Å²) in [6.45, 7) is 2.11. The van der Waals surface area contributed by atoms with Gasteiger partial charge in [-0.25, -0.2) is 4.79 Å². The molecule has 0 aromatic heterocycles. The van der Waals surface area contributed by atoms with Crippen molar-refractivity contribution in [3.05, 3.63) is 0 Å². The molecule has 0 radical (unpaired) electrons. The van der Waals surface area contributed by atoms with E-state index in [2.05, 4.69) is 9.73 Å². The number of rotatable bonds is 2. The number of nitrogens with two attached hydrogens (primary N) is 1. The molecule has 4 nitrogen and oxygen atoms in total. The predicted octanol–water partition coefficient (Wildman–Crippen LogP) is -0.636. The first-order valence-corrected chi connectivity index (χ1v) is 2.80. The minimum atomic E-state index is -0.532. The Balaban J connectivity index is 3.37. The summed E-state index contributed by atoms with van der Waals surface area (Å²) in [4.78, 5) is 13.8. The second-order valence-corrected chi connectivity index (χ2v) is 1.31. The van der Waals surface area contributed by atoms with Crippen LogP contribution in [0.3, 0.4) is 0 Å². The average Bonchev–Trinajstić information content (AvgIpc) is 1.85. The fourth-order valence-corrected chi connectivity index (χ4v) is 0.296. The number of amides is 1. The van der Waals surface area contributed by atoms with Gasteiger partial charge in [0.1, 0.15) is 0 Å². The van der Waals surface area contributed by atoms with Crippen molar-refractivity contribution < 1.29 is 14.8 Å². The van der Waals surface area contributed by atoms with Crippen LogP contribution in [0.4, 0.5) is 4.79 Å². The van der Waals surface area contributed by atoms with E-state index < -0.39 is 6.09 Å². The molecule has 0 unspecified atom stereocenters. The predicted molar refractivity (Wildman–Crippen MR) is 33.4 cm³/mol. The summed E-state index contributed by atoms with van der Waals surface area (Å²) in [5, 5.41) is 1.66. The highest BCUT2D eigenvalue weighted by molar-refractivity contribution is 5.75. The molecule has 1 amide bonds. The van der Waals surface area contributed by atoms with Crippen molar-refractivity contribution in [1.29, 1.82) is 0 Å². The standard InChI is InChI=1S/C5H10N2O2/c1-3-9-5(8)7-4-6-2/h4H,3H2,1-2H3,(H,6,7,8)/p+1. The van der Waals surface area contributed by atoms with Gasteiger partial charge in [0.25, 0.3) is 0 Å². The van der Waals surface area contributed by atoms with Crippen LogP contribution in [-0.4, -0.2) is 26.1 Å². The van der Waals surface area contributed by atoms with Crippen LogP contribution in [0.15, 0.2) is 4.99 Å². The first kappa shape index (κ1) is 8.10. The Morgan fingerprint density at radius 2 is 2.56 bits per heavy atom. The molecule has 0 aromatic carbocycles. The number of ether oxygens (including phenoxy) is 1. The van der Waals surface area contributed by atoms with Crippen molar-refractivity contribution in [2.24, 2.45) is 4.99 Å². The van der Waals surface area contributed by atoms with Crippen molar-refractivity contribution in [2.45, 2.75) is 6.92 Å². The molecule has 4 heteroatoms. The van der Waals surface area contributed by atoms with Crippen LogP contribution in [0, 0.1) is 0 Å². The van der Waals surface area contributed by atoms with E-state index >= 15 is 0 Å². The maximum absolute atomic E-state index is 10.4. The van der Waals surface area contributed by atoms with E-state index in [1.54, 1.807) is 19.3 Å². The molecule has 9 heavy (non-hydrogen) atoms. The smallest absolute Gasteiger partial charge is 0.438 e. The molecule has 0 spiro atoms. The average molecular weight is 131 g/mol. The largest absolute Gasteiger partial charge is 0.448 e. The Morgan fingerprint density at radius 1 is 1.89 bits per heavy atom. The minimum Gasteiger partial charge on any atom is -0.448 e. The molecule has 0 bridgehead atoms. The number of quaternary nitrogens is 1. The van der Waals surface area contributed by atoms with Crippen molar-refractivity contribution in [3.8, 4) is 0 Å². The van der Waals surface area contributed by atoms with Gasteiger partial charge < -0.3 is 10.1 Å². The van der Waals surface area contributed by atoms with Crippen molar-refractivity contribution in [2.75, 3.05) is 13.7 Å². The summed E-state index contributed by atoms with van der Waals surface area (Å²) in [5.74, 6) is 0. The lowest BCUT2D eigenvalue weighted by atomic mass is 10.9. The second-order valence-electron chi connectivity index (χ2n) is 1.31. The molecule has 0 saturated carbocycles. The Labute approximate surface area is 53.9 Å². The molecule has 0 fully saturated rings. The van der Waals surface area contributed by atoms with Gasteiger partial charge >= 0.3 is 6.09 Å². The SMILES string of the molecule is CCOC(=O)N=C[NH2+]C. The van der Waals surface area contributed by atoms with Crippen molar-refractivity contribution in [1.82, 2.24) is 0 Å². The lowest BCUT2D eigenvalue weighted by Crippen LogP contribution is -2.77. The minimum absolute atomic E-state index is 0.375. The monoisotopic (exact) mass is 131 g/mol. The topological polar surface area (TPSA) is 55.3 Å². The Morgan fingerprint density at radius 3 is 3.00 bits per heavy atom. The van der Waals surface area contributed by atoms with Gasteiger partial charge in [-0.1, -0.05) is 0 Å². The molecule has 2 N–H and O–H groups in total. The summed E-state index contributed by atoms with van der Waals surface area (Å²) >= 11 is 0. The Bertz CT molecular complexity index is 112. The van der Waals surface area contributed by atoms with Gasteiger partial charge in [-0.05, 0) is 6.92 Å². The van der Waals surface area contributed by atoms with Gasteiger partial charge in [0.2, 0.25) is 0 Å². The van der Waals surface area contributed by atoms with Gasteiger partial charge in [0.15, 0.2) is 6.34 Å². The summed E-state index contributed by atoms with van der Waals surface area (Å²) in [7, 11) is 1.78. The van der Waals surface area contributed by atoms with Crippen LogP contribution in [0.25, 0.3) is 0 Å². The van der Waals surface area contributed by atoms with E-state index in [1.165, 1.54) is 6.34 Å². The Kier molecular flexibility index (Phi) is 4.72. The molecule has 0 aliphatic carbocycles. The van der Waals surface area contributed by atoms with Gasteiger partial charge in [-0.15, -0.1) is 4.99 Å². The van der Waals surface area contributed by atoms with Crippen LogP contribution >= 0.6 is 0 Å². The van der Waals surface area contributed by atoms with Crippen LogP contribution in [0.1, 0.15) is 6.92 Å². The summed E-state index contributed by atoms with van der Waals surface area (Å²) in [5.41, 5.74) is 0. The zero-order chi connectivity index (χ0) is 7.11. The van der Waals surface area contributed by atoms with E-state index in [-0.39, 0.29) is 0 Å². The zero-order valence-corrected chi connectivity index (χ0v) is 5.63. The second kappa shape index (κ2) is 5.24. The highest BCUT2D eigenvalue weighted by Gasteiger charge is 1.92. The summed E-state index contributed by atoms with van der Waals surface area (Å²) < 4.78 is 4.49. The first-order valence-electron chi connectivity index (χ1n) is 2.80. The third-order valence-electron chi connectivity index (χ3n) is 0.597. The maximum atomic E-state index is 10.4. The normalized spacial score (nSPS) is 10.0. The van der Waals surface area contributed by atoms with Crippen LogP contribution in [-0.2, 0) is 4.74 Å². The number of carbonyl (C=O) groups is 1. The molecule has 0 aliphatic heterocycles. The lowest BCUT2D eigenvalue weighted by molar-refractivity contribution is -0.496.